The zero-order valence-electron chi connectivity index (χ0n) is 21.5. The number of anilines is 2. The Labute approximate surface area is 219 Å². The van der Waals surface area contributed by atoms with E-state index in [0.717, 1.165) is 41.8 Å². The Hall–Kier alpha value is -4.19. The molecule has 0 unspecified atom stereocenters. The lowest BCUT2D eigenvalue weighted by molar-refractivity contribution is -0.148. The van der Waals surface area contributed by atoms with E-state index in [9.17, 15) is 9.18 Å². The Morgan fingerprint density at radius 3 is 2.63 bits per heavy atom. The van der Waals surface area contributed by atoms with Crippen molar-refractivity contribution in [2.24, 2.45) is 0 Å². The molecule has 4 aromatic heterocycles. The number of aromatic nitrogens is 7. The van der Waals surface area contributed by atoms with Gasteiger partial charge in [-0.25, -0.2) is 24.0 Å². The van der Waals surface area contributed by atoms with E-state index in [1.807, 2.05) is 32.0 Å². The summed E-state index contributed by atoms with van der Waals surface area (Å²) in [6.45, 7) is 4.18. The fraction of sp³-hybridized carbons (Fsp3) is 0.385. The predicted molar refractivity (Wildman–Crippen MR) is 137 cm³/mol. The molecule has 1 amide bonds. The number of aromatic amines is 1. The minimum atomic E-state index is -0.909. The fourth-order valence-corrected chi connectivity index (χ4v) is 4.74. The van der Waals surface area contributed by atoms with Crippen molar-refractivity contribution in [1.82, 2.24) is 40.2 Å². The van der Waals surface area contributed by atoms with Gasteiger partial charge >= 0.3 is 0 Å². The maximum atomic E-state index is 13.2. The van der Waals surface area contributed by atoms with Gasteiger partial charge in [-0.3, -0.25) is 9.89 Å². The van der Waals surface area contributed by atoms with Gasteiger partial charge in [0.1, 0.15) is 17.2 Å². The monoisotopic (exact) mass is 519 g/mol. The first kappa shape index (κ1) is 25.5. The number of nitrogens with one attached hydrogen (secondary N) is 3. The molecule has 0 aromatic carbocycles. The number of carbonyl (C=O) groups is 1. The summed E-state index contributed by atoms with van der Waals surface area (Å²) in [4.78, 5) is 26.9. The van der Waals surface area contributed by atoms with Crippen LogP contribution in [-0.4, -0.2) is 53.5 Å². The molecule has 0 saturated heterocycles. The number of nitrogens with zero attached hydrogens (tertiary/aromatic N) is 6. The Morgan fingerprint density at radius 2 is 2.00 bits per heavy atom. The van der Waals surface area contributed by atoms with Crippen molar-refractivity contribution >= 4 is 17.5 Å². The number of halogens is 1. The van der Waals surface area contributed by atoms with Crippen molar-refractivity contribution < 1.29 is 13.9 Å². The molecule has 4 heterocycles. The SMILES string of the molecule is CO[C@]1(C(=O)NCc2ccc(-n3cc(F)cn3)nc2)CC[C@H](c2nc(C)cc(Nc3cc(C)[nH]n3)n2)CC1. The lowest BCUT2D eigenvalue weighted by Crippen LogP contribution is -2.50. The van der Waals surface area contributed by atoms with Crippen LogP contribution in [-0.2, 0) is 16.1 Å². The molecule has 0 bridgehead atoms. The van der Waals surface area contributed by atoms with E-state index in [0.29, 0.717) is 36.8 Å². The zero-order valence-corrected chi connectivity index (χ0v) is 21.5. The molecule has 11 nitrogen and oxygen atoms in total. The largest absolute Gasteiger partial charge is 0.368 e. The number of H-pyrrole nitrogens is 1. The Bertz CT molecular complexity index is 1410. The van der Waals surface area contributed by atoms with Crippen molar-refractivity contribution in [2.45, 2.75) is 57.6 Å². The maximum absolute atomic E-state index is 13.2. The van der Waals surface area contributed by atoms with Crippen molar-refractivity contribution in [3.63, 3.8) is 0 Å². The van der Waals surface area contributed by atoms with Gasteiger partial charge in [0.2, 0.25) is 0 Å². The smallest absolute Gasteiger partial charge is 0.252 e. The highest BCUT2D eigenvalue weighted by Crippen LogP contribution is 2.39. The fourth-order valence-electron chi connectivity index (χ4n) is 4.74. The molecule has 1 saturated carbocycles. The molecule has 4 aromatic rings. The highest BCUT2D eigenvalue weighted by Gasteiger charge is 2.42. The quantitative estimate of drug-likeness (QED) is 0.321. The van der Waals surface area contributed by atoms with Gasteiger partial charge < -0.3 is 15.4 Å². The standard InChI is InChI=1S/C26H30FN9O2/c1-16-10-21(32-22-11-17(2)34-35-22)33-24(31-16)19-6-8-26(38-3,9-7-19)25(37)29-13-18-4-5-23(28-12-18)36-15-20(27)14-30-36/h4-5,10-12,14-15,19H,6-9,13H2,1-3H3,(H,29,37)(H2,31,32,33,34,35)/t19-,26+. The van der Waals surface area contributed by atoms with Crippen LogP contribution < -0.4 is 10.6 Å². The van der Waals surface area contributed by atoms with Gasteiger partial charge in [-0.15, -0.1) is 0 Å². The second-order valence-corrected chi connectivity index (χ2v) is 9.60. The second kappa shape index (κ2) is 10.7. The number of amides is 1. The van der Waals surface area contributed by atoms with E-state index in [4.69, 9.17) is 9.72 Å². The second-order valence-electron chi connectivity index (χ2n) is 9.60. The summed E-state index contributed by atoms with van der Waals surface area (Å²) in [5.41, 5.74) is 1.73. The molecule has 198 valence electrons. The lowest BCUT2D eigenvalue weighted by atomic mass is 9.77. The Kier molecular flexibility index (Phi) is 7.14. The molecule has 38 heavy (non-hydrogen) atoms. The topological polar surface area (TPSA) is 136 Å². The number of ether oxygens (including phenoxy) is 1. The molecule has 0 aliphatic heterocycles. The molecule has 1 aliphatic carbocycles. The predicted octanol–water partition coefficient (Wildman–Crippen LogP) is 3.64. The van der Waals surface area contributed by atoms with E-state index in [1.54, 1.807) is 19.4 Å². The van der Waals surface area contributed by atoms with Gasteiger partial charge in [-0.1, -0.05) is 6.07 Å². The van der Waals surface area contributed by atoms with Gasteiger partial charge in [-0.05, 0) is 51.2 Å². The third-order valence-electron chi connectivity index (χ3n) is 6.84. The van der Waals surface area contributed by atoms with E-state index < -0.39 is 11.4 Å². The van der Waals surface area contributed by atoms with Crippen molar-refractivity contribution in [1.29, 1.82) is 0 Å². The van der Waals surface area contributed by atoms with Gasteiger partial charge in [0.25, 0.3) is 5.91 Å². The minimum absolute atomic E-state index is 0.122. The van der Waals surface area contributed by atoms with Crippen LogP contribution in [0.1, 0.15) is 54.4 Å². The molecule has 0 radical (unpaired) electrons. The van der Waals surface area contributed by atoms with Crippen molar-refractivity contribution in [3.05, 3.63) is 71.4 Å². The van der Waals surface area contributed by atoms with E-state index >= 15 is 0 Å². The summed E-state index contributed by atoms with van der Waals surface area (Å²) in [7, 11) is 1.58. The van der Waals surface area contributed by atoms with Gasteiger partial charge in [0.05, 0.1) is 12.4 Å². The Balaban J connectivity index is 1.19. The van der Waals surface area contributed by atoms with E-state index in [-0.39, 0.29) is 11.8 Å². The normalized spacial score (nSPS) is 19.3. The first-order valence-electron chi connectivity index (χ1n) is 12.5. The van der Waals surface area contributed by atoms with Gasteiger partial charge in [0.15, 0.2) is 17.5 Å². The molecular weight excluding hydrogens is 489 g/mol. The molecule has 1 aliphatic rings. The van der Waals surface area contributed by atoms with Crippen molar-refractivity contribution in [3.8, 4) is 5.82 Å². The minimum Gasteiger partial charge on any atom is -0.368 e. The van der Waals surface area contributed by atoms with Crippen LogP contribution in [0.5, 0.6) is 0 Å². The summed E-state index contributed by atoms with van der Waals surface area (Å²) >= 11 is 0. The molecule has 12 heteroatoms. The summed E-state index contributed by atoms with van der Waals surface area (Å²) < 4.78 is 20.3. The number of aryl methyl sites for hydroxylation is 2. The third-order valence-corrected chi connectivity index (χ3v) is 6.84. The van der Waals surface area contributed by atoms with Crippen molar-refractivity contribution in [2.75, 3.05) is 12.4 Å². The van der Waals surface area contributed by atoms with Crippen LogP contribution in [0.15, 0.2) is 42.9 Å². The average molecular weight is 520 g/mol. The summed E-state index contributed by atoms with van der Waals surface area (Å²) in [5.74, 6) is 2.18. The van der Waals surface area contributed by atoms with Crippen LogP contribution in [0.4, 0.5) is 16.0 Å². The molecule has 5 rings (SSSR count). The Morgan fingerprint density at radius 1 is 1.18 bits per heavy atom. The van der Waals surface area contributed by atoms with E-state index in [2.05, 4.69) is 35.9 Å². The van der Waals surface area contributed by atoms with Gasteiger partial charge in [0, 0.05) is 49.3 Å². The third kappa shape index (κ3) is 5.54. The molecule has 0 spiro atoms. The number of hydrogen-bond donors (Lipinski definition) is 3. The van der Waals surface area contributed by atoms with Crippen LogP contribution in [0, 0.1) is 19.7 Å². The summed E-state index contributed by atoms with van der Waals surface area (Å²) in [6, 6.07) is 7.35. The first-order chi connectivity index (χ1) is 18.3. The number of hydrogen-bond acceptors (Lipinski definition) is 8. The zero-order chi connectivity index (χ0) is 26.7. The number of carbonyl (C=O) groups excluding carboxylic acids is 1. The number of rotatable bonds is 8. The number of methoxy groups -OCH3 is 1. The molecule has 1 fully saturated rings. The highest BCUT2D eigenvalue weighted by atomic mass is 19.1. The lowest BCUT2D eigenvalue weighted by Gasteiger charge is -2.37. The average Bonchev–Trinajstić information content (AvgIpc) is 3.54. The highest BCUT2D eigenvalue weighted by molar-refractivity contribution is 5.85. The molecular formula is C26H30FN9O2. The van der Waals surface area contributed by atoms with Crippen LogP contribution >= 0.6 is 0 Å². The first-order valence-corrected chi connectivity index (χ1v) is 12.5. The molecule has 0 atom stereocenters. The van der Waals surface area contributed by atoms with Crippen LogP contribution in [0.3, 0.4) is 0 Å². The summed E-state index contributed by atoms with van der Waals surface area (Å²) in [5, 5.41) is 17.2. The van der Waals surface area contributed by atoms with E-state index in [1.165, 1.54) is 10.9 Å². The summed E-state index contributed by atoms with van der Waals surface area (Å²) in [6.07, 6.45) is 6.57. The van der Waals surface area contributed by atoms with Crippen LogP contribution in [0.25, 0.3) is 5.82 Å². The number of pyridine rings is 1. The van der Waals surface area contributed by atoms with Gasteiger partial charge in [-0.2, -0.15) is 10.2 Å². The maximum Gasteiger partial charge on any atom is 0.252 e. The van der Waals surface area contributed by atoms with Crippen LogP contribution in [0.2, 0.25) is 0 Å². The molecule has 3 N–H and O–H groups in total.